The van der Waals surface area contributed by atoms with E-state index < -0.39 is 5.82 Å². The first-order chi connectivity index (χ1) is 10.1. The molecule has 1 saturated carbocycles. The van der Waals surface area contributed by atoms with Gasteiger partial charge >= 0.3 is 0 Å². The second kappa shape index (κ2) is 6.07. The maximum absolute atomic E-state index is 14.2. The summed E-state index contributed by atoms with van der Waals surface area (Å²) < 4.78 is 14.5. The van der Waals surface area contributed by atoms with Crippen LogP contribution < -0.4 is 0 Å². The number of carbonyl (C=O) groups excluding carboxylic acids is 1. The molecule has 0 radical (unpaired) electrons. The molecule has 0 N–H and O–H groups in total. The lowest BCUT2D eigenvalue weighted by atomic mass is 9.75. The van der Waals surface area contributed by atoms with Crippen LogP contribution in [0.1, 0.15) is 49.4 Å². The van der Waals surface area contributed by atoms with Gasteiger partial charge in [-0.05, 0) is 52.7 Å². The van der Waals surface area contributed by atoms with Crippen LogP contribution in [0.15, 0.2) is 22.7 Å². The van der Waals surface area contributed by atoms with Gasteiger partial charge in [-0.1, -0.05) is 32.3 Å². The van der Waals surface area contributed by atoms with Crippen LogP contribution in [-0.2, 0) is 0 Å². The van der Waals surface area contributed by atoms with E-state index in [2.05, 4.69) is 22.9 Å². The number of hydrogen-bond donors (Lipinski definition) is 0. The third-order valence-electron chi connectivity index (χ3n) is 5.18. The van der Waals surface area contributed by atoms with Crippen LogP contribution in [0.4, 0.5) is 4.39 Å². The summed E-state index contributed by atoms with van der Waals surface area (Å²) in [5, 5.41) is 0. The lowest BCUT2D eigenvalue weighted by Gasteiger charge is -2.31. The molecule has 1 aromatic rings. The standard InChI is InChI=1S/C17H21BrFNO/c1-2-13-9-12(11-5-3-6-11)10-20(13)17(21)14-7-4-8-15(18)16(14)19/h4,7-8,11-13H,2-3,5-6,9-10H2,1H3. The van der Waals surface area contributed by atoms with Crippen LogP contribution in [0.25, 0.3) is 0 Å². The molecule has 1 amide bonds. The molecule has 2 nitrogen and oxygen atoms in total. The van der Waals surface area contributed by atoms with Crippen LogP contribution in [0, 0.1) is 17.7 Å². The monoisotopic (exact) mass is 353 g/mol. The summed E-state index contributed by atoms with van der Waals surface area (Å²) in [6.45, 7) is 2.92. The fourth-order valence-corrected chi connectivity index (χ4v) is 4.03. The maximum atomic E-state index is 14.2. The average molecular weight is 354 g/mol. The van der Waals surface area contributed by atoms with Crippen molar-refractivity contribution in [3.8, 4) is 0 Å². The van der Waals surface area contributed by atoms with Gasteiger partial charge in [-0.2, -0.15) is 0 Å². The Morgan fingerprint density at radius 2 is 2.14 bits per heavy atom. The smallest absolute Gasteiger partial charge is 0.257 e. The number of carbonyl (C=O) groups is 1. The number of nitrogens with zero attached hydrogens (tertiary/aromatic N) is 1. The molecule has 2 atom stereocenters. The maximum Gasteiger partial charge on any atom is 0.257 e. The van der Waals surface area contributed by atoms with Crippen molar-refractivity contribution < 1.29 is 9.18 Å². The Morgan fingerprint density at radius 1 is 1.38 bits per heavy atom. The van der Waals surface area contributed by atoms with Gasteiger partial charge in [-0.15, -0.1) is 0 Å². The van der Waals surface area contributed by atoms with E-state index in [-0.39, 0.29) is 17.5 Å². The zero-order chi connectivity index (χ0) is 15.0. The highest BCUT2D eigenvalue weighted by molar-refractivity contribution is 9.10. The van der Waals surface area contributed by atoms with Crippen molar-refractivity contribution in [1.29, 1.82) is 0 Å². The normalized spacial score (nSPS) is 26.0. The molecule has 114 valence electrons. The third kappa shape index (κ3) is 2.75. The van der Waals surface area contributed by atoms with E-state index in [0.29, 0.717) is 10.4 Å². The van der Waals surface area contributed by atoms with E-state index in [9.17, 15) is 9.18 Å². The number of hydrogen-bond acceptors (Lipinski definition) is 1. The highest BCUT2D eigenvalue weighted by Crippen LogP contribution is 2.41. The molecule has 2 aliphatic rings. The summed E-state index contributed by atoms with van der Waals surface area (Å²) >= 11 is 3.16. The molecule has 3 rings (SSSR count). The Kier molecular flexibility index (Phi) is 4.34. The summed E-state index contributed by atoms with van der Waals surface area (Å²) in [7, 11) is 0. The predicted octanol–water partition coefficient (Wildman–Crippen LogP) is 4.63. The molecule has 0 bridgehead atoms. The van der Waals surface area contributed by atoms with E-state index in [1.165, 1.54) is 19.3 Å². The number of halogens is 2. The molecule has 0 aromatic heterocycles. The Bertz CT molecular complexity index is 544. The van der Waals surface area contributed by atoms with Crippen molar-refractivity contribution in [3.05, 3.63) is 34.1 Å². The van der Waals surface area contributed by atoms with Gasteiger partial charge in [-0.25, -0.2) is 4.39 Å². The van der Waals surface area contributed by atoms with Crippen LogP contribution >= 0.6 is 15.9 Å². The van der Waals surface area contributed by atoms with Crippen LogP contribution in [0.5, 0.6) is 0 Å². The second-order valence-electron chi connectivity index (χ2n) is 6.31. The fourth-order valence-electron chi connectivity index (χ4n) is 3.67. The average Bonchev–Trinajstić information content (AvgIpc) is 2.83. The van der Waals surface area contributed by atoms with E-state index in [1.54, 1.807) is 18.2 Å². The molecule has 1 aliphatic carbocycles. The molecule has 2 unspecified atom stereocenters. The second-order valence-corrected chi connectivity index (χ2v) is 7.16. The van der Waals surface area contributed by atoms with Crippen molar-refractivity contribution in [2.24, 2.45) is 11.8 Å². The summed E-state index contributed by atoms with van der Waals surface area (Å²) in [6.07, 6.45) is 5.96. The number of rotatable bonds is 3. The molecule has 2 fully saturated rings. The van der Waals surface area contributed by atoms with Gasteiger partial charge in [0.2, 0.25) is 0 Å². The molecule has 21 heavy (non-hydrogen) atoms. The number of benzene rings is 1. The topological polar surface area (TPSA) is 20.3 Å². The van der Waals surface area contributed by atoms with Crippen LogP contribution in [0.3, 0.4) is 0 Å². The zero-order valence-corrected chi connectivity index (χ0v) is 13.9. The SMILES string of the molecule is CCC1CC(C2CCC2)CN1C(=O)c1cccc(Br)c1F. The zero-order valence-electron chi connectivity index (χ0n) is 12.3. The third-order valence-corrected chi connectivity index (χ3v) is 5.79. The fraction of sp³-hybridized carbons (Fsp3) is 0.588. The molecule has 1 aliphatic heterocycles. The van der Waals surface area contributed by atoms with Gasteiger partial charge < -0.3 is 4.90 Å². The molecule has 4 heteroatoms. The van der Waals surface area contributed by atoms with E-state index >= 15 is 0 Å². The van der Waals surface area contributed by atoms with E-state index in [1.807, 2.05) is 4.90 Å². The lowest BCUT2D eigenvalue weighted by molar-refractivity contribution is 0.0716. The first kappa shape index (κ1) is 15.0. The lowest BCUT2D eigenvalue weighted by Crippen LogP contribution is -2.36. The van der Waals surface area contributed by atoms with Gasteiger partial charge in [0.05, 0.1) is 10.0 Å². The van der Waals surface area contributed by atoms with Gasteiger partial charge in [0.1, 0.15) is 5.82 Å². The van der Waals surface area contributed by atoms with Gasteiger partial charge in [0.25, 0.3) is 5.91 Å². The summed E-state index contributed by atoms with van der Waals surface area (Å²) in [5.41, 5.74) is 0.192. The van der Waals surface area contributed by atoms with Gasteiger partial charge in [0.15, 0.2) is 0 Å². The largest absolute Gasteiger partial charge is 0.335 e. The Labute approximate surface area is 133 Å². The summed E-state index contributed by atoms with van der Waals surface area (Å²) in [4.78, 5) is 14.6. The molecule has 1 heterocycles. The van der Waals surface area contributed by atoms with Crippen LogP contribution in [-0.4, -0.2) is 23.4 Å². The Hall–Kier alpha value is -0.900. The first-order valence-electron chi connectivity index (χ1n) is 7.86. The Morgan fingerprint density at radius 3 is 2.76 bits per heavy atom. The minimum atomic E-state index is -0.440. The molecule has 0 spiro atoms. The van der Waals surface area contributed by atoms with Crippen molar-refractivity contribution in [3.63, 3.8) is 0 Å². The molecule has 1 aromatic carbocycles. The van der Waals surface area contributed by atoms with Gasteiger partial charge in [-0.3, -0.25) is 4.79 Å². The summed E-state index contributed by atoms with van der Waals surface area (Å²) in [6, 6.07) is 5.21. The van der Waals surface area contributed by atoms with Gasteiger partial charge in [0, 0.05) is 12.6 Å². The molecular formula is C17H21BrFNO. The van der Waals surface area contributed by atoms with E-state index in [0.717, 1.165) is 25.3 Å². The minimum absolute atomic E-state index is 0.150. The summed E-state index contributed by atoms with van der Waals surface area (Å²) in [5.74, 6) is 0.805. The van der Waals surface area contributed by atoms with Crippen LogP contribution in [0.2, 0.25) is 0 Å². The molecule has 1 saturated heterocycles. The van der Waals surface area contributed by atoms with Crippen molar-refractivity contribution in [2.45, 2.75) is 45.1 Å². The van der Waals surface area contributed by atoms with Crippen molar-refractivity contribution >= 4 is 21.8 Å². The quantitative estimate of drug-likeness (QED) is 0.775. The predicted molar refractivity (Wildman–Crippen MR) is 84.7 cm³/mol. The highest BCUT2D eigenvalue weighted by atomic mass is 79.9. The number of likely N-dealkylation sites (tertiary alicyclic amines) is 1. The Balaban J connectivity index is 1.80. The first-order valence-corrected chi connectivity index (χ1v) is 8.66. The highest BCUT2D eigenvalue weighted by Gasteiger charge is 2.40. The van der Waals surface area contributed by atoms with Crippen molar-refractivity contribution in [2.75, 3.05) is 6.54 Å². The van der Waals surface area contributed by atoms with E-state index in [4.69, 9.17) is 0 Å². The number of amides is 1. The molecular weight excluding hydrogens is 333 g/mol. The van der Waals surface area contributed by atoms with Crippen molar-refractivity contribution in [1.82, 2.24) is 4.90 Å². The minimum Gasteiger partial charge on any atom is -0.335 e.